The lowest BCUT2D eigenvalue weighted by molar-refractivity contribution is 0.333. The van der Waals surface area contributed by atoms with Crippen molar-refractivity contribution in [2.75, 3.05) is 0 Å². The zero-order valence-electron chi connectivity index (χ0n) is 9.12. The first kappa shape index (κ1) is 9.65. The van der Waals surface area contributed by atoms with Gasteiger partial charge in [-0.2, -0.15) is 5.10 Å². The summed E-state index contributed by atoms with van der Waals surface area (Å²) in [5, 5.41) is 7.58. The fraction of sp³-hybridized carbons (Fsp3) is 0.800. The first-order valence-electron chi connectivity index (χ1n) is 5.17. The summed E-state index contributed by atoms with van der Waals surface area (Å²) < 4.78 is 1.82. The second kappa shape index (κ2) is 3.35. The first-order valence-corrected chi connectivity index (χ1v) is 5.17. The maximum absolute atomic E-state index is 4.19. The monoisotopic (exact) mass is 194 g/mol. The van der Waals surface area contributed by atoms with Crippen LogP contribution in [-0.2, 0) is 13.6 Å². The molecule has 0 spiro atoms. The Morgan fingerprint density at radius 3 is 2.79 bits per heavy atom. The normalized spacial score (nSPS) is 17.4. The second-order valence-corrected chi connectivity index (χ2v) is 4.65. The third-order valence-electron chi connectivity index (χ3n) is 3.11. The van der Waals surface area contributed by atoms with Crippen LogP contribution in [0.5, 0.6) is 0 Å². The molecular weight excluding hydrogens is 176 g/mol. The fourth-order valence-corrected chi connectivity index (χ4v) is 1.74. The van der Waals surface area contributed by atoms with Crippen LogP contribution >= 0.6 is 0 Å². The minimum Gasteiger partial charge on any atom is -0.305 e. The quantitative estimate of drug-likeness (QED) is 0.780. The highest BCUT2D eigenvalue weighted by atomic mass is 15.3. The average molecular weight is 194 g/mol. The molecule has 1 aliphatic carbocycles. The molecule has 14 heavy (non-hydrogen) atoms. The van der Waals surface area contributed by atoms with Gasteiger partial charge >= 0.3 is 0 Å². The van der Waals surface area contributed by atoms with Gasteiger partial charge in [0.1, 0.15) is 12.2 Å². The smallest absolute Gasteiger partial charge is 0.140 e. The van der Waals surface area contributed by atoms with Crippen LogP contribution < -0.4 is 5.32 Å². The minimum atomic E-state index is 0.242. The third-order valence-corrected chi connectivity index (χ3v) is 3.11. The van der Waals surface area contributed by atoms with Crippen molar-refractivity contribution < 1.29 is 0 Å². The van der Waals surface area contributed by atoms with Crippen LogP contribution in [0, 0.1) is 5.92 Å². The van der Waals surface area contributed by atoms with Gasteiger partial charge in [0.05, 0.1) is 6.54 Å². The van der Waals surface area contributed by atoms with Gasteiger partial charge in [-0.3, -0.25) is 4.68 Å². The Kier molecular flexibility index (Phi) is 2.31. The Hall–Kier alpha value is -0.900. The average Bonchev–Trinajstić information content (AvgIpc) is 2.89. The molecule has 1 aromatic heterocycles. The molecule has 0 bridgehead atoms. The van der Waals surface area contributed by atoms with E-state index in [-0.39, 0.29) is 5.54 Å². The lowest BCUT2D eigenvalue weighted by Gasteiger charge is -2.25. The summed E-state index contributed by atoms with van der Waals surface area (Å²) in [5.74, 6) is 1.84. The Morgan fingerprint density at radius 1 is 1.57 bits per heavy atom. The molecule has 1 heterocycles. The van der Waals surface area contributed by atoms with Crippen molar-refractivity contribution in [3.63, 3.8) is 0 Å². The lowest BCUT2D eigenvalue weighted by atomic mass is 9.99. The summed E-state index contributed by atoms with van der Waals surface area (Å²) in [4.78, 5) is 4.19. The van der Waals surface area contributed by atoms with Crippen LogP contribution in [0.15, 0.2) is 6.33 Å². The van der Waals surface area contributed by atoms with Gasteiger partial charge in [-0.1, -0.05) is 0 Å². The van der Waals surface area contributed by atoms with Crippen LogP contribution in [0.4, 0.5) is 0 Å². The molecule has 1 N–H and O–H groups in total. The molecule has 1 aliphatic rings. The van der Waals surface area contributed by atoms with Crippen molar-refractivity contribution in [1.29, 1.82) is 0 Å². The largest absolute Gasteiger partial charge is 0.305 e. The number of nitrogens with zero attached hydrogens (tertiary/aromatic N) is 3. The van der Waals surface area contributed by atoms with Crippen molar-refractivity contribution in [2.24, 2.45) is 13.0 Å². The van der Waals surface area contributed by atoms with Gasteiger partial charge in [0.15, 0.2) is 0 Å². The molecule has 1 saturated carbocycles. The van der Waals surface area contributed by atoms with Gasteiger partial charge in [0.25, 0.3) is 0 Å². The standard InChI is InChI=1S/C10H18N4/c1-10(2,8-4-5-8)12-6-9-11-7-13-14(9)3/h7-8,12H,4-6H2,1-3H3. The van der Waals surface area contributed by atoms with E-state index in [0.717, 1.165) is 18.3 Å². The van der Waals surface area contributed by atoms with Crippen molar-refractivity contribution >= 4 is 0 Å². The van der Waals surface area contributed by atoms with E-state index in [9.17, 15) is 0 Å². The number of hydrogen-bond donors (Lipinski definition) is 1. The molecule has 78 valence electrons. The summed E-state index contributed by atoms with van der Waals surface area (Å²) in [7, 11) is 1.92. The third kappa shape index (κ3) is 1.95. The molecule has 1 fully saturated rings. The highest BCUT2D eigenvalue weighted by Crippen LogP contribution is 2.39. The predicted molar refractivity (Wildman–Crippen MR) is 54.6 cm³/mol. The molecule has 4 heteroatoms. The topological polar surface area (TPSA) is 42.7 Å². The molecule has 0 atom stereocenters. The van der Waals surface area contributed by atoms with E-state index in [1.165, 1.54) is 12.8 Å². The predicted octanol–water partition coefficient (Wildman–Crippen LogP) is 1.09. The summed E-state index contributed by atoms with van der Waals surface area (Å²) in [6.07, 6.45) is 4.32. The van der Waals surface area contributed by atoms with Crippen molar-refractivity contribution in [2.45, 2.75) is 38.8 Å². The Balaban J connectivity index is 1.90. The summed E-state index contributed by atoms with van der Waals surface area (Å²) in [6, 6.07) is 0. The van der Waals surface area contributed by atoms with Crippen molar-refractivity contribution in [3.8, 4) is 0 Å². The summed E-state index contributed by atoms with van der Waals surface area (Å²) in [5.41, 5.74) is 0.242. The van der Waals surface area contributed by atoms with Gasteiger partial charge in [0, 0.05) is 12.6 Å². The molecule has 4 nitrogen and oxygen atoms in total. The molecular formula is C10H18N4. The fourth-order valence-electron chi connectivity index (χ4n) is 1.74. The summed E-state index contributed by atoms with van der Waals surface area (Å²) >= 11 is 0. The highest BCUT2D eigenvalue weighted by molar-refractivity contribution is 4.96. The maximum atomic E-state index is 4.19. The van der Waals surface area contributed by atoms with E-state index < -0.39 is 0 Å². The van der Waals surface area contributed by atoms with Crippen LogP contribution in [0.2, 0.25) is 0 Å². The zero-order chi connectivity index (χ0) is 10.2. The highest BCUT2D eigenvalue weighted by Gasteiger charge is 2.37. The molecule has 0 aliphatic heterocycles. The second-order valence-electron chi connectivity index (χ2n) is 4.65. The van der Waals surface area contributed by atoms with E-state index in [4.69, 9.17) is 0 Å². The first-order chi connectivity index (χ1) is 6.59. The number of aromatic nitrogens is 3. The van der Waals surface area contributed by atoms with Gasteiger partial charge in [-0.25, -0.2) is 4.98 Å². The molecule has 0 aromatic carbocycles. The van der Waals surface area contributed by atoms with E-state index in [1.807, 2.05) is 11.7 Å². The van der Waals surface area contributed by atoms with Crippen molar-refractivity contribution in [3.05, 3.63) is 12.2 Å². The van der Waals surface area contributed by atoms with Crippen LogP contribution in [0.25, 0.3) is 0 Å². The maximum Gasteiger partial charge on any atom is 0.140 e. The summed E-state index contributed by atoms with van der Waals surface area (Å²) in [6.45, 7) is 5.34. The SMILES string of the molecule is Cn1ncnc1CNC(C)(C)C1CC1. The number of hydrogen-bond acceptors (Lipinski definition) is 3. The van der Waals surface area contributed by atoms with E-state index in [1.54, 1.807) is 6.33 Å². The van der Waals surface area contributed by atoms with Crippen LogP contribution in [0.1, 0.15) is 32.5 Å². The van der Waals surface area contributed by atoms with Gasteiger partial charge in [-0.05, 0) is 32.6 Å². The van der Waals surface area contributed by atoms with E-state index in [2.05, 4.69) is 29.2 Å². The molecule has 1 aromatic rings. The Bertz CT molecular complexity index is 312. The molecule has 0 amide bonds. The molecule has 2 rings (SSSR count). The lowest BCUT2D eigenvalue weighted by Crippen LogP contribution is -2.41. The van der Waals surface area contributed by atoms with Gasteiger partial charge in [0.2, 0.25) is 0 Å². The Morgan fingerprint density at radius 2 is 2.29 bits per heavy atom. The van der Waals surface area contributed by atoms with E-state index in [0.29, 0.717) is 0 Å². The van der Waals surface area contributed by atoms with E-state index >= 15 is 0 Å². The van der Waals surface area contributed by atoms with Gasteiger partial charge in [-0.15, -0.1) is 0 Å². The number of aryl methyl sites for hydroxylation is 1. The zero-order valence-corrected chi connectivity index (χ0v) is 9.12. The number of rotatable bonds is 4. The number of nitrogens with one attached hydrogen (secondary N) is 1. The minimum absolute atomic E-state index is 0.242. The van der Waals surface area contributed by atoms with Gasteiger partial charge < -0.3 is 5.32 Å². The molecule has 0 unspecified atom stereocenters. The molecule has 0 saturated heterocycles. The Labute approximate surface area is 84.7 Å². The molecule has 0 radical (unpaired) electrons. The van der Waals surface area contributed by atoms with Crippen LogP contribution in [-0.4, -0.2) is 20.3 Å². The van der Waals surface area contributed by atoms with Crippen LogP contribution in [0.3, 0.4) is 0 Å². The van der Waals surface area contributed by atoms with Crippen molar-refractivity contribution in [1.82, 2.24) is 20.1 Å².